The molecular formula is C15H27N5O. The molecule has 0 bridgehead atoms. The third-order valence-electron chi connectivity index (χ3n) is 3.77. The van der Waals surface area contributed by atoms with Gasteiger partial charge in [-0.1, -0.05) is 13.8 Å². The molecule has 1 fully saturated rings. The fourth-order valence-corrected chi connectivity index (χ4v) is 2.52. The fourth-order valence-electron chi connectivity index (χ4n) is 2.52. The minimum atomic E-state index is 0.387. The zero-order chi connectivity index (χ0) is 15.1. The van der Waals surface area contributed by atoms with Gasteiger partial charge >= 0.3 is 6.01 Å². The number of nitrogens with one attached hydrogen (secondary N) is 2. The van der Waals surface area contributed by atoms with Crippen molar-refractivity contribution < 1.29 is 4.74 Å². The molecular weight excluding hydrogens is 266 g/mol. The normalized spacial score (nSPS) is 21.9. The number of anilines is 2. The topological polar surface area (TPSA) is 72.0 Å². The second-order valence-corrected chi connectivity index (χ2v) is 5.73. The molecule has 1 aliphatic carbocycles. The minimum Gasteiger partial charge on any atom is -0.464 e. The summed E-state index contributed by atoms with van der Waals surface area (Å²) in [6.07, 6.45) is 5.91. The zero-order valence-electron chi connectivity index (χ0n) is 13.4. The Labute approximate surface area is 127 Å². The van der Waals surface area contributed by atoms with Gasteiger partial charge in [0.15, 0.2) is 0 Å². The molecule has 2 N–H and O–H groups in total. The summed E-state index contributed by atoms with van der Waals surface area (Å²) in [7, 11) is 0. The summed E-state index contributed by atoms with van der Waals surface area (Å²) in [5, 5.41) is 6.63. The number of ether oxygens (including phenoxy) is 1. The summed E-state index contributed by atoms with van der Waals surface area (Å²) in [5.41, 5.74) is 0. The number of hydrogen-bond acceptors (Lipinski definition) is 6. The van der Waals surface area contributed by atoms with Crippen molar-refractivity contribution in [2.45, 2.75) is 58.9 Å². The van der Waals surface area contributed by atoms with Gasteiger partial charge in [0.2, 0.25) is 11.9 Å². The Kier molecular flexibility index (Phi) is 6.02. The Morgan fingerprint density at radius 3 is 2.43 bits per heavy atom. The van der Waals surface area contributed by atoms with Crippen LogP contribution in [0.15, 0.2) is 0 Å². The third-order valence-corrected chi connectivity index (χ3v) is 3.77. The second kappa shape index (κ2) is 8.00. The number of hydrogen-bond donors (Lipinski definition) is 2. The van der Waals surface area contributed by atoms with Gasteiger partial charge in [-0.15, -0.1) is 0 Å². The van der Waals surface area contributed by atoms with Crippen LogP contribution >= 0.6 is 0 Å². The van der Waals surface area contributed by atoms with E-state index in [9.17, 15) is 0 Å². The molecule has 0 aliphatic heterocycles. The Hall–Kier alpha value is -1.59. The van der Waals surface area contributed by atoms with Crippen LogP contribution in [0.4, 0.5) is 11.9 Å². The van der Waals surface area contributed by atoms with E-state index in [-0.39, 0.29) is 0 Å². The first kappa shape index (κ1) is 15.8. The molecule has 1 aliphatic rings. The quantitative estimate of drug-likeness (QED) is 0.805. The molecule has 1 aromatic rings. The van der Waals surface area contributed by atoms with Crippen molar-refractivity contribution in [3.63, 3.8) is 0 Å². The highest BCUT2D eigenvalue weighted by Gasteiger charge is 2.19. The van der Waals surface area contributed by atoms with Crippen LogP contribution in [0.25, 0.3) is 0 Å². The monoisotopic (exact) mass is 293 g/mol. The van der Waals surface area contributed by atoms with E-state index in [1.54, 1.807) is 0 Å². The molecule has 0 spiro atoms. The lowest BCUT2D eigenvalue weighted by molar-refractivity contribution is 0.311. The van der Waals surface area contributed by atoms with Crippen molar-refractivity contribution in [2.75, 3.05) is 23.8 Å². The van der Waals surface area contributed by atoms with Gasteiger partial charge in [-0.2, -0.15) is 15.0 Å². The molecule has 1 aromatic heterocycles. The van der Waals surface area contributed by atoms with Crippen molar-refractivity contribution in [3.05, 3.63) is 0 Å². The molecule has 1 saturated carbocycles. The van der Waals surface area contributed by atoms with Crippen LogP contribution < -0.4 is 15.4 Å². The smallest absolute Gasteiger partial charge is 0.323 e. The number of rotatable bonds is 7. The van der Waals surface area contributed by atoms with Crippen LogP contribution in [-0.2, 0) is 0 Å². The Bertz CT molecular complexity index is 432. The molecule has 6 nitrogen and oxygen atoms in total. The van der Waals surface area contributed by atoms with Gasteiger partial charge < -0.3 is 15.4 Å². The lowest BCUT2D eigenvalue weighted by Gasteiger charge is -2.26. The van der Waals surface area contributed by atoms with E-state index >= 15 is 0 Å². The highest BCUT2D eigenvalue weighted by molar-refractivity contribution is 5.36. The molecule has 0 amide bonds. The molecule has 2 rings (SSSR count). The SMILES string of the molecule is CCCNc1nc(NC2CCC(C)CC2)nc(OCC)n1. The third kappa shape index (κ3) is 5.02. The molecule has 0 unspecified atom stereocenters. The predicted octanol–water partition coefficient (Wildman–Crippen LogP) is 3.08. The molecule has 6 heteroatoms. The zero-order valence-corrected chi connectivity index (χ0v) is 13.4. The van der Waals surface area contributed by atoms with Crippen LogP contribution in [0, 0.1) is 5.92 Å². The first-order chi connectivity index (χ1) is 10.2. The Balaban J connectivity index is 2.03. The van der Waals surface area contributed by atoms with Crippen LogP contribution in [-0.4, -0.2) is 34.1 Å². The molecule has 1 heterocycles. The number of aromatic nitrogens is 3. The van der Waals surface area contributed by atoms with Crippen molar-refractivity contribution in [3.8, 4) is 6.01 Å². The van der Waals surface area contributed by atoms with Crippen LogP contribution in [0.1, 0.15) is 52.9 Å². The predicted molar refractivity (Wildman–Crippen MR) is 84.8 cm³/mol. The summed E-state index contributed by atoms with van der Waals surface area (Å²) >= 11 is 0. The van der Waals surface area contributed by atoms with Crippen LogP contribution in [0.5, 0.6) is 6.01 Å². The largest absolute Gasteiger partial charge is 0.464 e. The second-order valence-electron chi connectivity index (χ2n) is 5.73. The summed E-state index contributed by atoms with van der Waals surface area (Å²) < 4.78 is 5.43. The highest BCUT2D eigenvalue weighted by atomic mass is 16.5. The molecule has 0 atom stereocenters. The summed E-state index contributed by atoms with van der Waals surface area (Å²) in [4.78, 5) is 13.1. The maximum absolute atomic E-state index is 5.43. The summed E-state index contributed by atoms with van der Waals surface area (Å²) in [6.45, 7) is 7.76. The van der Waals surface area contributed by atoms with Gasteiger partial charge in [0, 0.05) is 12.6 Å². The molecule has 21 heavy (non-hydrogen) atoms. The molecule has 0 radical (unpaired) electrons. The van der Waals surface area contributed by atoms with E-state index in [4.69, 9.17) is 4.74 Å². The maximum atomic E-state index is 5.43. The van der Waals surface area contributed by atoms with Gasteiger partial charge in [-0.05, 0) is 44.9 Å². The number of nitrogens with zero attached hydrogens (tertiary/aromatic N) is 3. The van der Waals surface area contributed by atoms with E-state index in [2.05, 4.69) is 39.4 Å². The average molecular weight is 293 g/mol. The first-order valence-corrected chi connectivity index (χ1v) is 8.10. The van der Waals surface area contributed by atoms with Gasteiger partial charge in [-0.25, -0.2) is 0 Å². The van der Waals surface area contributed by atoms with Crippen molar-refractivity contribution in [2.24, 2.45) is 5.92 Å². The minimum absolute atomic E-state index is 0.387. The van der Waals surface area contributed by atoms with Gasteiger partial charge in [0.1, 0.15) is 0 Å². The molecule has 118 valence electrons. The Morgan fingerprint density at radius 2 is 1.76 bits per heavy atom. The van der Waals surface area contributed by atoms with E-state index < -0.39 is 0 Å². The van der Waals surface area contributed by atoms with Gasteiger partial charge in [0.05, 0.1) is 6.61 Å². The standard InChI is InChI=1S/C15H27N5O/c1-4-10-16-13-18-14(20-15(19-13)21-5-2)17-12-8-6-11(3)7-9-12/h11-12H,4-10H2,1-3H3,(H2,16,17,18,19,20). The summed E-state index contributed by atoms with van der Waals surface area (Å²) in [5.74, 6) is 2.04. The fraction of sp³-hybridized carbons (Fsp3) is 0.800. The molecule has 0 aromatic carbocycles. The first-order valence-electron chi connectivity index (χ1n) is 8.10. The van der Waals surface area contributed by atoms with E-state index in [1.807, 2.05) is 6.92 Å². The average Bonchev–Trinajstić information content (AvgIpc) is 2.48. The molecule has 0 saturated heterocycles. The van der Waals surface area contributed by atoms with E-state index in [1.165, 1.54) is 25.7 Å². The maximum Gasteiger partial charge on any atom is 0.323 e. The van der Waals surface area contributed by atoms with Crippen LogP contribution in [0.3, 0.4) is 0 Å². The van der Waals surface area contributed by atoms with Gasteiger partial charge in [-0.3, -0.25) is 0 Å². The highest BCUT2D eigenvalue weighted by Crippen LogP contribution is 2.25. The Morgan fingerprint density at radius 1 is 1.05 bits per heavy atom. The van der Waals surface area contributed by atoms with Crippen molar-refractivity contribution in [1.29, 1.82) is 0 Å². The van der Waals surface area contributed by atoms with E-state index in [0.717, 1.165) is 18.9 Å². The van der Waals surface area contributed by atoms with E-state index in [0.29, 0.717) is 30.6 Å². The van der Waals surface area contributed by atoms with Crippen LogP contribution in [0.2, 0.25) is 0 Å². The lowest BCUT2D eigenvalue weighted by atomic mass is 9.87. The van der Waals surface area contributed by atoms with Crippen molar-refractivity contribution >= 4 is 11.9 Å². The van der Waals surface area contributed by atoms with Gasteiger partial charge in [0.25, 0.3) is 0 Å². The van der Waals surface area contributed by atoms with Crippen molar-refractivity contribution in [1.82, 2.24) is 15.0 Å². The summed E-state index contributed by atoms with van der Waals surface area (Å²) in [6, 6.07) is 0.842. The lowest BCUT2D eigenvalue weighted by Crippen LogP contribution is -2.26.